The van der Waals surface area contributed by atoms with Crippen molar-refractivity contribution in [3.63, 3.8) is 0 Å². The molecular formula is C16H23ClN2O2. The molecule has 1 aliphatic heterocycles. The summed E-state index contributed by atoms with van der Waals surface area (Å²) < 4.78 is 0. The highest BCUT2D eigenvalue weighted by Gasteiger charge is 2.24. The zero-order valence-corrected chi connectivity index (χ0v) is 13.3. The topological polar surface area (TPSA) is 58.2 Å². The number of benzene rings is 1. The van der Waals surface area contributed by atoms with Gasteiger partial charge in [-0.15, -0.1) is 12.4 Å². The number of halogens is 1. The smallest absolute Gasteiger partial charge is 0.227 e. The van der Waals surface area contributed by atoms with Crippen LogP contribution in [0.1, 0.15) is 43.5 Å². The molecule has 2 rings (SSSR count). The Bertz CT molecular complexity index is 505. The Hall–Kier alpha value is -1.39. The lowest BCUT2D eigenvalue weighted by molar-refractivity contribution is -0.120. The van der Waals surface area contributed by atoms with Crippen LogP contribution in [0.3, 0.4) is 0 Å². The number of piperidine rings is 1. The van der Waals surface area contributed by atoms with Gasteiger partial charge in [0.05, 0.1) is 0 Å². The second kappa shape index (κ2) is 8.15. The van der Waals surface area contributed by atoms with Crippen LogP contribution in [0.25, 0.3) is 0 Å². The SMILES string of the molecule is CCC(=O)c1cccc(NC(=O)[C@H]2CCN[C@@H](C)C2)c1.Cl. The van der Waals surface area contributed by atoms with Crippen molar-refractivity contribution in [3.8, 4) is 0 Å². The number of Topliss-reactive ketones (excluding diaryl/α,β-unsaturated/α-hetero) is 1. The minimum absolute atomic E-state index is 0. The molecule has 1 aromatic carbocycles. The molecule has 2 N–H and O–H groups in total. The maximum Gasteiger partial charge on any atom is 0.227 e. The summed E-state index contributed by atoms with van der Waals surface area (Å²) in [5.41, 5.74) is 1.37. The monoisotopic (exact) mass is 310 g/mol. The molecule has 0 radical (unpaired) electrons. The van der Waals surface area contributed by atoms with Crippen LogP contribution in [-0.4, -0.2) is 24.3 Å². The maximum atomic E-state index is 12.2. The van der Waals surface area contributed by atoms with Crippen LogP contribution in [0.4, 0.5) is 5.69 Å². The predicted molar refractivity (Wildman–Crippen MR) is 87.1 cm³/mol. The van der Waals surface area contributed by atoms with E-state index in [0.717, 1.165) is 19.4 Å². The van der Waals surface area contributed by atoms with Crippen molar-refractivity contribution in [2.45, 2.75) is 39.2 Å². The van der Waals surface area contributed by atoms with E-state index < -0.39 is 0 Å². The molecule has 0 saturated carbocycles. The molecule has 1 heterocycles. The third kappa shape index (κ3) is 4.83. The summed E-state index contributed by atoms with van der Waals surface area (Å²) in [4.78, 5) is 23.9. The zero-order valence-electron chi connectivity index (χ0n) is 12.5. The Morgan fingerprint density at radius 3 is 2.81 bits per heavy atom. The third-order valence-electron chi connectivity index (χ3n) is 3.77. The molecule has 5 heteroatoms. The average molecular weight is 311 g/mol. The van der Waals surface area contributed by atoms with Crippen molar-refractivity contribution < 1.29 is 9.59 Å². The first-order chi connectivity index (χ1) is 9.60. The molecule has 1 aromatic rings. The average Bonchev–Trinajstić information content (AvgIpc) is 2.46. The van der Waals surface area contributed by atoms with Crippen LogP contribution in [0.15, 0.2) is 24.3 Å². The number of ketones is 1. The van der Waals surface area contributed by atoms with Gasteiger partial charge in [-0.25, -0.2) is 0 Å². The van der Waals surface area contributed by atoms with Gasteiger partial charge in [-0.1, -0.05) is 19.1 Å². The number of carbonyl (C=O) groups excluding carboxylic acids is 2. The molecule has 0 unspecified atom stereocenters. The first kappa shape index (κ1) is 17.7. The summed E-state index contributed by atoms with van der Waals surface area (Å²) in [6.07, 6.45) is 2.20. The molecule has 1 fully saturated rings. The predicted octanol–water partition coefficient (Wildman–Crippen LogP) is 3.03. The van der Waals surface area contributed by atoms with Crippen LogP contribution in [0, 0.1) is 5.92 Å². The molecule has 0 aromatic heterocycles. The van der Waals surface area contributed by atoms with E-state index in [4.69, 9.17) is 0 Å². The lowest BCUT2D eigenvalue weighted by atomic mass is 9.92. The van der Waals surface area contributed by atoms with Gasteiger partial charge in [0.2, 0.25) is 5.91 Å². The summed E-state index contributed by atoms with van der Waals surface area (Å²) in [6, 6.07) is 7.56. The second-order valence-electron chi connectivity index (χ2n) is 5.42. The Labute approximate surface area is 132 Å². The summed E-state index contributed by atoms with van der Waals surface area (Å²) in [6.45, 7) is 4.82. The number of amides is 1. The molecular weight excluding hydrogens is 288 g/mol. The fourth-order valence-corrected chi connectivity index (χ4v) is 2.59. The van der Waals surface area contributed by atoms with Crippen LogP contribution in [0.2, 0.25) is 0 Å². The number of anilines is 1. The molecule has 1 saturated heterocycles. The first-order valence-corrected chi connectivity index (χ1v) is 7.27. The summed E-state index contributed by atoms with van der Waals surface area (Å²) in [5, 5.41) is 6.27. The van der Waals surface area contributed by atoms with Gasteiger partial charge in [-0.05, 0) is 38.4 Å². The Morgan fingerprint density at radius 1 is 1.38 bits per heavy atom. The molecule has 2 atom stereocenters. The molecule has 0 bridgehead atoms. The Kier molecular flexibility index (Phi) is 6.85. The van der Waals surface area contributed by atoms with Gasteiger partial charge < -0.3 is 10.6 Å². The van der Waals surface area contributed by atoms with E-state index in [-0.39, 0.29) is 30.0 Å². The van der Waals surface area contributed by atoms with Crippen molar-refractivity contribution in [2.24, 2.45) is 5.92 Å². The quantitative estimate of drug-likeness (QED) is 0.840. The highest BCUT2D eigenvalue weighted by molar-refractivity contribution is 5.98. The molecule has 21 heavy (non-hydrogen) atoms. The van der Waals surface area contributed by atoms with E-state index in [1.54, 1.807) is 12.1 Å². The summed E-state index contributed by atoms with van der Waals surface area (Å²) in [7, 11) is 0. The number of hydrogen-bond acceptors (Lipinski definition) is 3. The molecule has 0 spiro atoms. The van der Waals surface area contributed by atoms with Crippen LogP contribution < -0.4 is 10.6 Å². The molecule has 1 amide bonds. The van der Waals surface area contributed by atoms with Gasteiger partial charge in [0.1, 0.15) is 0 Å². The Morgan fingerprint density at radius 2 is 2.14 bits per heavy atom. The van der Waals surface area contributed by atoms with Crippen LogP contribution in [0.5, 0.6) is 0 Å². The van der Waals surface area contributed by atoms with Gasteiger partial charge in [0.15, 0.2) is 5.78 Å². The van der Waals surface area contributed by atoms with Gasteiger partial charge in [-0.2, -0.15) is 0 Å². The number of nitrogens with one attached hydrogen (secondary N) is 2. The van der Waals surface area contributed by atoms with Gasteiger partial charge in [0, 0.05) is 29.6 Å². The highest BCUT2D eigenvalue weighted by Crippen LogP contribution is 2.19. The van der Waals surface area contributed by atoms with E-state index in [9.17, 15) is 9.59 Å². The maximum absolute atomic E-state index is 12.2. The third-order valence-corrected chi connectivity index (χ3v) is 3.77. The van der Waals surface area contributed by atoms with Crippen LogP contribution in [-0.2, 0) is 4.79 Å². The van der Waals surface area contributed by atoms with Crippen molar-refractivity contribution in [3.05, 3.63) is 29.8 Å². The van der Waals surface area contributed by atoms with E-state index >= 15 is 0 Å². The number of rotatable bonds is 4. The summed E-state index contributed by atoms with van der Waals surface area (Å²) in [5.74, 6) is 0.202. The summed E-state index contributed by atoms with van der Waals surface area (Å²) >= 11 is 0. The van der Waals surface area contributed by atoms with Crippen molar-refractivity contribution in [2.75, 3.05) is 11.9 Å². The minimum atomic E-state index is 0. The van der Waals surface area contributed by atoms with Gasteiger partial charge in [0.25, 0.3) is 0 Å². The van der Waals surface area contributed by atoms with Gasteiger partial charge >= 0.3 is 0 Å². The normalized spacial score (nSPS) is 21.2. The fourth-order valence-electron chi connectivity index (χ4n) is 2.59. The van der Waals surface area contributed by atoms with E-state index in [1.165, 1.54) is 0 Å². The minimum Gasteiger partial charge on any atom is -0.326 e. The van der Waals surface area contributed by atoms with E-state index in [1.807, 2.05) is 19.1 Å². The second-order valence-corrected chi connectivity index (χ2v) is 5.42. The van der Waals surface area contributed by atoms with Crippen molar-refractivity contribution in [1.82, 2.24) is 5.32 Å². The molecule has 1 aliphatic rings. The number of hydrogen-bond donors (Lipinski definition) is 2. The largest absolute Gasteiger partial charge is 0.326 e. The standard InChI is InChI=1S/C16H22N2O2.ClH/c1-3-15(19)12-5-4-6-14(10-12)18-16(20)13-7-8-17-11(2)9-13;/h4-6,10-11,13,17H,3,7-9H2,1-2H3,(H,18,20);1H/t11-,13-;/m0./s1. The first-order valence-electron chi connectivity index (χ1n) is 7.27. The lowest BCUT2D eigenvalue weighted by Crippen LogP contribution is -2.40. The van der Waals surface area contributed by atoms with Crippen molar-refractivity contribution in [1.29, 1.82) is 0 Å². The Balaban J connectivity index is 0.00000220. The number of carbonyl (C=O) groups is 2. The lowest BCUT2D eigenvalue weighted by Gasteiger charge is -2.27. The van der Waals surface area contributed by atoms with E-state index in [0.29, 0.717) is 23.7 Å². The fraction of sp³-hybridized carbons (Fsp3) is 0.500. The van der Waals surface area contributed by atoms with E-state index in [2.05, 4.69) is 17.6 Å². The van der Waals surface area contributed by atoms with Gasteiger partial charge in [-0.3, -0.25) is 9.59 Å². The zero-order chi connectivity index (χ0) is 14.5. The molecule has 0 aliphatic carbocycles. The van der Waals surface area contributed by atoms with Crippen LogP contribution >= 0.6 is 12.4 Å². The molecule has 4 nitrogen and oxygen atoms in total. The highest BCUT2D eigenvalue weighted by atomic mass is 35.5. The van der Waals surface area contributed by atoms with Crippen molar-refractivity contribution >= 4 is 29.8 Å². The molecule has 116 valence electrons.